The molecular weight excluding hydrogens is 364 g/mol. The van der Waals surface area contributed by atoms with Crippen LogP contribution in [0.5, 0.6) is 5.75 Å². The highest BCUT2D eigenvalue weighted by Gasteiger charge is 2.10. The van der Waals surface area contributed by atoms with Crippen molar-refractivity contribution < 1.29 is 9.53 Å². The molecule has 0 saturated heterocycles. The molecule has 0 bridgehead atoms. The molecule has 1 N–H and O–H groups in total. The number of aromatic nitrogens is 3. The number of amides is 1. The summed E-state index contributed by atoms with van der Waals surface area (Å²) in [5, 5.41) is 12.0. The van der Waals surface area contributed by atoms with E-state index in [-0.39, 0.29) is 5.91 Å². The number of methoxy groups -OCH3 is 1. The van der Waals surface area contributed by atoms with Gasteiger partial charge < -0.3 is 10.1 Å². The van der Waals surface area contributed by atoms with Gasteiger partial charge in [-0.3, -0.25) is 4.79 Å². The Bertz CT molecular complexity index is 1180. The number of benzene rings is 3. The second kappa shape index (κ2) is 7.98. The fraction of sp³-hybridized carbons (Fsp3) is 0.0870. The summed E-state index contributed by atoms with van der Waals surface area (Å²) in [7, 11) is 1.63. The van der Waals surface area contributed by atoms with Gasteiger partial charge in [-0.1, -0.05) is 30.3 Å². The van der Waals surface area contributed by atoms with Gasteiger partial charge in [0.25, 0.3) is 0 Å². The van der Waals surface area contributed by atoms with Crippen LogP contribution in [0, 0.1) is 6.92 Å². The van der Waals surface area contributed by atoms with Crippen molar-refractivity contribution in [1.82, 2.24) is 15.0 Å². The van der Waals surface area contributed by atoms with E-state index < -0.39 is 0 Å². The molecule has 0 aliphatic rings. The summed E-state index contributed by atoms with van der Waals surface area (Å²) < 4.78 is 5.18. The van der Waals surface area contributed by atoms with Crippen molar-refractivity contribution in [1.29, 1.82) is 0 Å². The van der Waals surface area contributed by atoms with Gasteiger partial charge in [0.05, 0.1) is 12.8 Å². The zero-order chi connectivity index (χ0) is 20.2. The van der Waals surface area contributed by atoms with Crippen molar-refractivity contribution in [2.75, 3.05) is 12.4 Å². The Labute approximate surface area is 168 Å². The first-order valence-electron chi connectivity index (χ1n) is 9.18. The standard InChI is InChI=1S/C23H20N4O2/c1-16-14-21-22(26-27(25-21)18-9-11-19(29-2)12-10-18)15-20(16)24-23(28)13-8-17-6-4-3-5-7-17/h3-15H,1-2H3,(H,24,28). The number of fused-ring (bicyclic) bond motifs is 1. The van der Waals surface area contributed by atoms with Crippen molar-refractivity contribution in [3.05, 3.63) is 83.9 Å². The first-order valence-corrected chi connectivity index (χ1v) is 9.18. The van der Waals surface area contributed by atoms with E-state index in [0.29, 0.717) is 11.2 Å². The summed E-state index contributed by atoms with van der Waals surface area (Å²) in [6.45, 7) is 1.93. The van der Waals surface area contributed by atoms with Crippen molar-refractivity contribution in [3.8, 4) is 11.4 Å². The first kappa shape index (κ1) is 18.4. The molecule has 0 aliphatic carbocycles. The normalized spacial score (nSPS) is 11.1. The van der Waals surface area contributed by atoms with Crippen LogP contribution in [0.25, 0.3) is 22.8 Å². The molecule has 6 heteroatoms. The molecule has 0 spiro atoms. The van der Waals surface area contributed by atoms with Gasteiger partial charge >= 0.3 is 0 Å². The second-order valence-electron chi connectivity index (χ2n) is 6.58. The summed E-state index contributed by atoms with van der Waals surface area (Å²) in [6, 6.07) is 20.9. The zero-order valence-corrected chi connectivity index (χ0v) is 16.2. The highest BCUT2D eigenvalue weighted by molar-refractivity contribution is 6.03. The van der Waals surface area contributed by atoms with E-state index in [1.807, 2.05) is 73.7 Å². The van der Waals surface area contributed by atoms with Crippen LogP contribution in [-0.2, 0) is 4.79 Å². The molecule has 1 heterocycles. The van der Waals surface area contributed by atoms with Crippen LogP contribution in [0.15, 0.2) is 72.8 Å². The number of carbonyl (C=O) groups excluding carboxylic acids is 1. The highest BCUT2D eigenvalue weighted by Crippen LogP contribution is 2.23. The predicted molar refractivity (Wildman–Crippen MR) is 114 cm³/mol. The van der Waals surface area contributed by atoms with Crippen LogP contribution in [0.3, 0.4) is 0 Å². The Morgan fingerprint density at radius 2 is 1.69 bits per heavy atom. The Hall–Kier alpha value is -3.93. The van der Waals surface area contributed by atoms with Crippen LogP contribution in [-0.4, -0.2) is 28.0 Å². The van der Waals surface area contributed by atoms with Crippen molar-refractivity contribution in [2.24, 2.45) is 0 Å². The van der Waals surface area contributed by atoms with Crippen LogP contribution in [0.4, 0.5) is 5.69 Å². The minimum atomic E-state index is -0.196. The number of aryl methyl sites for hydroxylation is 1. The molecule has 0 aliphatic heterocycles. The molecule has 0 saturated carbocycles. The number of hydrogen-bond acceptors (Lipinski definition) is 4. The SMILES string of the molecule is COc1ccc(-n2nc3cc(C)c(NC(=O)C=Cc4ccccc4)cc3n2)cc1. The summed E-state index contributed by atoms with van der Waals surface area (Å²) in [6.07, 6.45) is 3.30. The lowest BCUT2D eigenvalue weighted by Gasteiger charge is -2.05. The molecule has 6 nitrogen and oxygen atoms in total. The number of nitrogens with one attached hydrogen (secondary N) is 1. The second-order valence-corrected chi connectivity index (χ2v) is 6.58. The molecule has 29 heavy (non-hydrogen) atoms. The zero-order valence-electron chi connectivity index (χ0n) is 16.2. The molecule has 3 aromatic carbocycles. The molecule has 1 amide bonds. The van der Waals surface area contributed by atoms with Crippen LogP contribution < -0.4 is 10.1 Å². The maximum Gasteiger partial charge on any atom is 0.248 e. The maximum atomic E-state index is 12.3. The summed E-state index contributed by atoms with van der Waals surface area (Å²) in [5.41, 5.74) is 4.89. The molecule has 1 aromatic heterocycles. The number of nitrogens with zero attached hydrogens (tertiary/aromatic N) is 3. The van der Waals surface area contributed by atoms with Gasteiger partial charge in [-0.15, -0.1) is 10.2 Å². The topological polar surface area (TPSA) is 69.0 Å². The number of anilines is 1. The average molecular weight is 384 g/mol. The smallest absolute Gasteiger partial charge is 0.248 e. The van der Waals surface area contributed by atoms with Gasteiger partial charge in [0.2, 0.25) is 5.91 Å². The lowest BCUT2D eigenvalue weighted by molar-refractivity contribution is -0.111. The molecule has 4 rings (SSSR count). The Morgan fingerprint density at radius 3 is 2.38 bits per heavy atom. The third-order valence-corrected chi connectivity index (χ3v) is 4.51. The van der Waals surface area contributed by atoms with Gasteiger partial charge in [0.15, 0.2) is 0 Å². The molecule has 0 radical (unpaired) electrons. The number of rotatable bonds is 5. The maximum absolute atomic E-state index is 12.3. The van der Waals surface area contributed by atoms with Crippen molar-refractivity contribution in [3.63, 3.8) is 0 Å². The number of carbonyl (C=O) groups is 1. The largest absolute Gasteiger partial charge is 0.497 e. The molecule has 0 fully saturated rings. The molecule has 4 aromatic rings. The van der Waals surface area contributed by atoms with E-state index >= 15 is 0 Å². The van der Waals surface area contributed by atoms with Gasteiger partial charge in [0, 0.05) is 11.8 Å². The van der Waals surface area contributed by atoms with Gasteiger partial charge in [-0.05, 0) is 60.5 Å². The molecule has 144 valence electrons. The first-order chi connectivity index (χ1) is 14.1. The minimum absolute atomic E-state index is 0.196. The van der Waals surface area contributed by atoms with E-state index in [0.717, 1.165) is 28.1 Å². The molecule has 0 atom stereocenters. The number of hydrogen-bond donors (Lipinski definition) is 1. The summed E-state index contributed by atoms with van der Waals surface area (Å²) in [5.74, 6) is 0.578. The van der Waals surface area contributed by atoms with Gasteiger partial charge in [0.1, 0.15) is 16.8 Å². The highest BCUT2D eigenvalue weighted by atomic mass is 16.5. The fourth-order valence-electron chi connectivity index (χ4n) is 2.94. The van der Waals surface area contributed by atoms with E-state index in [4.69, 9.17) is 4.74 Å². The van der Waals surface area contributed by atoms with Crippen LogP contribution in [0.2, 0.25) is 0 Å². The van der Waals surface area contributed by atoms with E-state index in [1.165, 1.54) is 6.08 Å². The molecule has 0 unspecified atom stereocenters. The Morgan fingerprint density at radius 1 is 1.00 bits per heavy atom. The molecular formula is C23H20N4O2. The van der Waals surface area contributed by atoms with Crippen LogP contribution in [0.1, 0.15) is 11.1 Å². The van der Waals surface area contributed by atoms with Crippen molar-refractivity contribution in [2.45, 2.75) is 6.92 Å². The fourth-order valence-corrected chi connectivity index (χ4v) is 2.94. The predicted octanol–water partition coefficient (Wildman–Crippen LogP) is 4.39. The third-order valence-electron chi connectivity index (χ3n) is 4.51. The van der Waals surface area contributed by atoms with E-state index in [9.17, 15) is 4.79 Å². The average Bonchev–Trinajstić information content (AvgIpc) is 3.16. The minimum Gasteiger partial charge on any atom is -0.497 e. The summed E-state index contributed by atoms with van der Waals surface area (Å²) in [4.78, 5) is 13.9. The van der Waals surface area contributed by atoms with Gasteiger partial charge in [-0.25, -0.2) is 0 Å². The Balaban J connectivity index is 1.56. The summed E-state index contributed by atoms with van der Waals surface area (Å²) >= 11 is 0. The monoisotopic (exact) mass is 384 g/mol. The third kappa shape index (κ3) is 4.16. The lowest BCUT2D eigenvalue weighted by atomic mass is 10.1. The van der Waals surface area contributed by atoms with Gasteiger partial charge in [-0.2, -0.15) is 4.80 Å². The lowest BCUT2D eigenvalue weighted by Crippen LogP contribution is -2.08. The van der Waals surface area contributed by atoms with E-state index in [2.05, 4.69) is 15.5 Å². The Kier molecular flexibility index (Phi) is 5.07. The quantitative estimate of drug-likeness (QED) is 0.518. The van der Waals surface area contributed by atoms with Crippen molar-refractivity contribution >= 4 is 28.7 Å². The van der Waals surface area contributed by atoms with Crippen LogP contribution >= 0.6 is 0 Å². The number of ether oxygens (including phenoxy) is 1. The van der Waals surface area contributed by atoms with E-state index in [1.54, 1.807) is 18.0 Å².